The Morgan fingerprint density at radius 1 is 0.917 bits per heavy atom. The summed E-state index contributed by atoms with van der Waals surface area (Å²) in [6.07, 6.45) is 0. The molecule has 62 valence electrons. The summed E-state index contributed by atoms with van der Waals surface area (Å²) in [6, 6.07) is 10.0. The van der Waals surface area contributed by atoms with Crippen LogP contribution >= 0.6 is 0 Å². The van der Waals surface area contributed by atoms with E-state index in [2.05, 4.69) is 34.9 Å². The average molecular weight is 160 g/mol. The van der Waals surface area contributed by atoms with Gasteiger partial charge in [-0.25, -0.2) is 0 Å². The van der Waals surface area contributed by atoms with E-state index in [4.69, 9.17) is 0 Å². The maximum atomic E-state index is 3.35. The van der Waals surface area contributed by atoms with E-state index in [9.17, 15) is 0 Å². The summed E-state index contributed by atoms with van der Waals surface area (Å²) >= 11 is 0. The lowest BCUT2D eigenvalue weighted by atomic mass is 10.0. The van der Waals surface area contributed by atoms with E-state index >= 15 is 0 Å². The first-order valence-corrected chi connectivity index (χ1v) is 4.51. The number of nitrogens with one attached hydrogen (secondary N) is 2. The molecule has 3 rings (SSSR count). The minimum atomic E-state index is 0.642. The van der Waals surface area contributed by atoms with Gasteiger partial charge in [-0.3, -0.25) is 0 Å². The van der Waals surface area contributed by atoms with Gasteiger partial charge in [0.15, 0.2) is 0 Å². The SMILES string of the molecule is c1ccc(C2CN2)c(C2CN2)c1. The average Bonchev–Trinajstić information content (AvgIpc) is 2.99. The van der Waals surface area contributed by atoms with Crippen molar-refractivity contribution in [2.24, 2.45) is 0 Å². The lowest BCUT2D eigenvalue weighted by molar-refractivity contribution is 0.983. The molecule has 2 unspecified atom stereocenters. The van der Waals surface area contributed by atoms with Crippen molar-refractivity contribution in [1.29, 1.82) is 0 Å². The van der Waals surface area contributed by atoms with Crippen LogP contribution in [0.2, 0.25) is 0 Å². The summed E-state index contributed by atoms with van der Waals surface area (Å²) < 4.78 is 0. The molecule has 2 aliphatic rings. The second-order valence-electron chi connectivity index (χ2n) is 3.55. The molecule has 12 heavy (non-hydrogen) atoms. The highest BCUT2D eigenvalue weighted by atomic mass is 15.1. The summed E-state index contributed by atoms with van der Waals surface area (Å²) in [4.78, 5) is 0. The van der Waals surface area contributed by atoms with Gasteiger partial charge in [-0.1, -0.05) is 24.3 Å². The van der Waals surface area contributed by atoms with Crippen LogP contribution in [0.1, 0.15) is 23.2 Å². The van der Waals surface area contributed by atoms with E-state index in [0.29, 0.717) is 12.1 Å². The van der Waals surface area contributed by atoms with Gasteiger partial charge in [-0.2, -0.15) is 0 Å². The van der Waals surface area contributed by atoms with Crippen LogP contribution in [0.3, 0.4) is 0 Å². The van der Waals surface area contributed by atoms with E-state index in [1.807, 2.05) is 0 Å². The minimum absolute atomic E-state index is 0.642. The molecule has 2 heterocycles. The van der Waals surface area contributed by atoms with Crippen molar-refractivity contribution in [3.8, 4) is 0 Å². The molecule has 0 aliphatic carbocycles. The predicted molar refractivity (Wildman–Crippen MR) is 47.9 cm³/mol. The molecule has 2 nitrogen and oxygen atoms in total. The van der Waals surface area contributed by atoms with Crippen molar-refractivity contribution >= 4 is 0 Å². The third-order valence-electron chi connectivity index (χ3n) is 2.56. The van der Waals surface area contributed by atoms with Gasteiger partial charge in [0.1, 0.15) is 0 Å². The Morgan fingerprint density at radius 2 is 1.33 bits per heavy atom. The van der Waals surface area contributed by atoms with Crippen LogP contribution in [-0.2, 0) is 0 Å². The molecular formula is C10H12N2. The third kappa shape index (κ3) is 1.04. The van der Waals surface area contributed by atoms with Gasteiger partial charge >= 0.3 is 0 Å². The molecule has 0 amide bonds. The molecule has 0 spiro atoms. The highest BCUT2D eigenvalue weighted by molar-refractivity contribution is 5.37. The van der Waals surface area contributed by atoms with Crippen LogP contribution in [0.25, 0.3) is 0 Å². The van der Waals surface area contributed by atoms with E-state index < -0.39 is 0 Å². The van der Waals surface area contributed by atoms with Gasteiger partial charge in [-0.15, -0.1) is 0 Å². The zero-order valence-corrected chi connectivity index (χ0v) is 6.88. The van der Waals surface area contributed by atoms with Gasteiger partial charge < -0.3 is 10.6 Å². The zero-order valence-electron chi connectivity index (χ0n) is 6.88. The fourth-order valence-electron chi connectivity index (χ4n) is 1.70. The number of rotatable bonds is 2. The van der Waals surface area contributed by atoms with Gasteiger partial charge in [0.2, 0.25) is 0 Å². The van der Waals surface area contributed by atoms with Crippen LogP contribution < -0.4 is 10.6 Å². The fourth-order valence-corrected chi connectivity index (χ4v) is 1.70. The normalized spacial score (nSPS) is 31.7. The molecule has 0 aromatic heterocycles. The molecule has 2 heteroatoms. The Balaban J connectivity index is 2.02. The summed E-state index contributed by atoms with van der Waals surface area (Å²) in [7, 11) is 0. The summed E-state index contributed by atoms with van der Waals surface area (Å²) in [5.41, 5.74) is 2.99. The van der Waals surface area contributed by atoms with Crippen LogP contribution in [0.15, 0.2) is 24.3 Å². The molecule has 0 bridgehead atoms. The molecule has 2 fully saturated rings. The quantitative estimate of drug-likeness (QED) is 0.633. The topological polar surface area (TPSA) is 43.9 Å². The van der Waals surface area contributed by atoms with Crippen LogP contribution in [0, 0.1) is 0 Å². The van der Waals surface area contributed by atoms with Crippen molar-refractivity contribution in [3.05, 3.63) is 35.4 Å². The number of hydrogen-bond acceptors (Lipinski definition) is 2. The second-order valence-corrected chi connectivity index (χ2v) is 3.55. The minimum Gasteiger partial charge on any atom is -0.307 e. The molecule has 0 radical (unpaired) electrons. The number of benzene rings is 1. The Labute approximate surface area is 72.0 Å². The van der Waals surface area contributed by atoms with E-state index in [1.165, 1.54) is 11.1 Å². The van der Waals surface area contributed by atoms with Crippen molar-refractivity contribution in [2.75, 3.05) is 13.1 Å². The molecule has 2 atom stereocenters. The second kappa shape index (κ2) is 2.31. The van der Waals surface area contributed by atoms with Gasteiger partial charge in [0.25, 0.3) is 0 Å². The highest BCUT2D eigenvalue weighted by Gasteiger charge is 2.31. The zero-order chi connectivity index (χ0) is 7.97. The summed E-state index contributed by atoms with van der Waals surface area (Å²) in [5.74, 6) is 0. The fraction of sp³-hybridized carbons (Fsp3) is 0.400. The first-order valence-electron chi connectivity index (χ1n) is 4.51. The molecule has 0 saturated carbocycles. The molecule has 2 aliphatic heterocycles. The largest absolute Gasteiger partial charge is 0.307 e. The molecule has 1 aromatic rings. The van der Waals surface area contributed by atoms with Crippen molar-refractivity contribution in [3.63, 3.8) is 0 Å². The van der Waals surface area contributed by atoms with Crippen molar-refractivity contribution in [2.45, 2.75) is 12.1 Å². The molecular weight excluding hydrogens is 148 g/mol. The Morgan fingerprint density at radius 3 is 1.67 bits per heavy atom. The smallest absolute Gasteiger partial charge is 0.0450 e. The number of hydrogen-bond donors (Lipinski definition) is 2. The molecule has 2 N–H and O–H groups in total. The Kier molecular flexibility index (Phi) is 1.28. The monoisotopic (exact) mass is 160 g/mol. The van der Waals surface area contributed by atoms with E-state index in [0.717, 1.165) is 13.1 Å². The van der Waals surface area contributed by atoms with Crippen LogP contribution in [0.4, 0.5) is 0 Å². The van der Waals surface area contributed by atoms with Crippen molar-refractivity contribution in [1.82, 2.24) is 10.6 Å². The molecule has 2 saturated heterocycles. The Bertz CT molecular complexity index is 269. The van der Waals surface area contributed by atoms with Crippen LogP contribution in [0.5, 0.6) is 0 Å². The lowest BCUT2D eigenvalue weighted by Crippen LogP contribution is -1.93. The van der Waals surface area contributed by atoms with E-state index in [-0.39, 0.29) is 0 Å². The van der Waals surface area contributed by atoms with Crippen molar-refractivity contribution < 1.29 is 0 Å². The maximum absolute atomic E-state index is 3.35. The van der Waals surface area contributed by atoms with Crippen LogP contribution in [-0.4, -0.2) is 13.1 Å². The highest BCUT2D eigenvalue weighted by Crippen LogP contribution is 2.32. The lowest BCUT2D eigenvalue weighted by Gasteiger charge is -2.04. The third-order valence-corrected chi connectivity index (χ3v) is 2.56. The van der Waals surface area contributed by atoms with Gasteiger partial charge in [0.05, 0.1) is 0 Å². The Hall–Kier alpha value is -0.860. The standard InChI is InChI=1S/C10H12N2/c1-2-4-8(10-6-12-10)7(3-1)9-5-11-9/h1-4,9-12H,5-6H2. The predicted octanol–water partition coefficient (Wildman–Crippen LogP) is 0.975. The molecule has 1 aromatic carbocycles. The van der Waals surface area contributed by atoms with Gasteiger partial charge in [0, 0.05) is 25.2 Å². The maximum Gasteiger partial charge on any atom is 0.0450 e. The first kappa shape index (κ1) is 6.63. The first-order chi connectivity index (χ1) is 5.95. The van der Waals surface area contributed by atoms with E-state index in [1.54, 1.807) is 0 Å². The van der Waals surface area contributed by atoms with Gasteiger partial charge in [-0.05, 0) is 11.1 Å². The summed E-state index contributed by atoms with van der Waals surface area (Å²) in [5, 5.41) is 6.69. The summed E-state index contributed by atoms with van der Waals surface area (Å²) in [6.45, 7) is 2.31.